The molecule has 0 heterocycles. The predicted octanol–water partition coefficient (Wildman–Crippen LogP) is 4.48. The van der Waals surface area contributed by atoms with Crippen molar-refractivity contribution in [3.05, 3.63) is 0 Å². The standard InChI is InChI=1S/C24H40O4/c1-14(7-10-21(27)28)16-8-9-17-22-18(13-20(26)24(16,17)3)23(2)11-5-4-6-15(23)12-19(22)25/h14-20,22,25-26H,4-13H2,1-3H3,(H,27,28)/t14-,15+,16-,17+,18+,19-,20+,22+,23+,24-/m1/s1. The van der Waals surface area contributed by atoms with Gasteiger partial charge in [-0.2, -0.15) is 0 Å². The van der Waals surface area contributed by atoms with Crippen molar-refractivity contribution in [1.82, 2.24) is 0 Å². The lowest BCUT2D eigenvalue weighted by Gasteiger charge is -2.63. The van der Waals surface area contributed by atoms with Crippen LogP contribution in [0.25, 0.3) is 0 Å². The smallest absolute Gasteiger partial charge is 0.303 e. The summed E-state index contributed by atoms with van der Waals surface area (Å²) in [7, 11) is 0. The zero-order valence-electron chi connectivity index (χ0n) is 17.9. The number of hydrogen-bond acceptors (Lipinski definition) is 3. The molecule has 0 aliphatic heterocycles. The highest BCUT2D eigenvalue weighted by molar-refractivity contribution is 5.66. The van der Waals surface area contributed by atoms with Gasteiger partial charge in [0.05, 0.1) is 12.2 Å². The Balaban J connectivity index is 1.61. The number of aliphatic carboxylic acids is 1. The summed E-state index contributed by atoms with van der Waals surface area (Å²) in [6, 6.07) is 0. The number of carboxylic acids is 1. The average Bonchev–Trinajstić information content (AvgIpc) is 3.00. The summed E-state index contributed by atoms with van der Waals surface area (Å²) in [6.45, 7) is 6.89. The molecule has 0 spiro atoms. The van der Waals surface area contributed by atoms with Gasteiger partial charge < -0.3 is 15.3 Å². The monoisotopic (exact) mass is 392 g/mol. The molecule has 0 radical (unpaired) electrons. The number of carbonyl (C=O) groups is 1. The molecule has 0 aromatic carbocycles. The summed E-state index contributed by atoms with van der Waals surface area (Å²) >= 11 is 0. The molecular formula is C24H40O4. The van der Waals surface area contributed by atoms with Crippen molar-refractivity contribution in [2.45, 2.75) is 97.2 Å². The topological polar surface area (TPSA) is 77.8 Å². The van der Waals surface area contributed by atoms with E-state index in [0.717, 1.165) is 25.7 Å². The lowest BCUT2D eigenvalue weighted by molar-refractivity contribution is -0.201. The van der Waals surface area contributed by atoms with E-state index < -0.39 is 5.97 Å². The minimum atomic E-state index is -0.727. The normalized spacial score (nSPS) is 51.7. The summed E-state index contributed by atoms with van der Waals surface area (Å²) in [5.74, 6) is 1.66. The molecule has 4 saturated carbocycles. The van der Waals surface area contributed by atoms with Crippen LogP contribution in [0.1, 0.15) is 85.0 Å². The van der Waals surface area contributed by atoms with Gasteiger partial charge in [-0.05, 0) is 91.3 Å². The Hall–Kier alpha value is -0.610. The first kappa shape index (κ1) is 20.7. The number of aliphatic hydroxyl groups is 2. The summed E-state index contributed by atoms with van der Waals surface area (Å²) in [6.07, 6.45) is 9.32. The molecule has 0 amide bonds. The number of fused-ring (bicyclic) bond motifs is 5. The second-order valence-corrected chi connectivity index (χ2v) is 11.3. The average molecular weight is 393 g/mol. The summed E-state index contributed by atoms with van der Waals surface area (Å²) < 4.78 is 0. The van der Waals surface area contributed by atoms with Crippen LogP contribution in [-0.4, -0.2) is 33.5 Å². The fraction of sp³-hybridized carbons (Fsp3) is 0.958. The first-order valence-corrected chi connectivity index (χ1v) is 11.8. The predicted molar refractivity (Wildman–Crippen MR) is 109 cm³/mol. The van der Waals surface area contributed by atoms with Crippen LogP contribution in [-0.2, 0) is 4.79 Å². The van der Waals surface area contributed by atoms with Gasteiger partial charge in [0.2, 0.25) is 0 Å². The summed E-state index contributed by atoms with van der Waals surface area (Å²) in [5.41, 5.74) is 0.0927. The van der Waals surface area contributed by atoms with E-state index >= 15 is 0 Å². The molecule has 4 rings (SSSR count). The molecule has 0 unspecified atom stereocenters. The molecular weight excluding hydrogens is 352 g/mol. The number of hydrogen-bond donors (Lipinski definition) is 3. The third-order valence-electron chi connectivity index (χ3n) is 10.3. The quantitative estimate of drug-likeness (QED) is 0.659. The van der Waals surface area contributed by atoms with Gasteiger partial charge in [-0.3, -0.25) is 4.79 Å². The molecule has 4 fully saturated rings. The molecule has 4 heteroatoms. The molecule has 0 aromatic rings. The molecule has 4 aliphatic rings. The molecule has 28 heavy (non-hydrogen) atoms. The first-order chi connectivity index (χ1) is 13.2. The molecule has 0 saturated heterocycles. The van der Waals surface area contributed by atoms with E-state index in [1.54, 1.807) is 0 Å². The van der Waals surface area contributed by atoms with Crippen LogP contribution in [0.2, 0.25) is 0 Å². The van der Waals surface area contributed by atoms with Gasteiger partial charge in [-0.15, -0.1) is 0 Å². The van der Waals surface area contributed by atoms with Crippen molar-refractivity contribution in [2.75, 3.05) is 0 Å². The molecule has 0 aromatic heterocycles. The van der Waals surface area contributed by atoms with E-state index in [-0.39, 0.29) is 29.5 Å². The van der Waals surface area contributed by atoms with Gasteiger partial charge in [0.15, 0.2) is 0 Å². The van der Waals surface area contributed by atoms with Gasteiger partial charge >= 0.3 is 5.97 Å². The van der Waals surface area contributed by atoms with Gasteiger partial charge in [0, 0.05) is 6.42 Å². The Kier molecular flexibility index (Phi) is 5.36. The maximum atomic E-state index is 11.5. The second kappa shape index (κ2) is 7.27. The second-order valence-electron chi connectivity index (χ2n) is 11.3. The minimum absolute atomic E-state index is 0.183. The number of carboxylic acid groups (broad SMARTS) is 1. The van der Waals surface area contributed by atoms with Crippen LogP contribution >= 0.6 is 0 Å². The lowest BCUT2D eigenvalue weighted by atomic mass is 9.43. The highest BCUT2D eigenvalue weighted by Crippen LogP contribution is 2.68. The van der Waals surface area contributed by atoms with E-state index in [1.165, 1.54) is 25.7 Å². The van der Waals surface area contributed by atoms with Gasteiger partial charge in [0.25, 0.3) is 0 Å². The third kappa shape index (κ3) is 2.96. The Labute approximate surface area is 170 Å². The van der Waals surface area contributed by atoms with Crippen molar-refractivity contribution in [2.24, 2.45) is 46.3 Å². The number of aliphatic hydroxyl groups excluding tert-OH is 2. The summed E-state index contributed by atoms with van der Waals surface area (Å²) in [5, 5.41) is 31.8. The zero-order chi connectivity index (χ0) is 20.3. The van der Waals surface area contributed by atoms with E-state index in [0.29, 0.717) is 41.9 Å². The first-order valence-electron chi connectivity index (χ1n) is 11.8. The van der Waals surface area contributed by atoms with Crippen molar-refractivity contribution in [1.29, 1.82) is 0 Å². The van der Waals surface area contributed by atoms with Gasteiger partial charge in [-0.25, -0.2) is 0 Å². The Morgan fingerprint density at radius 2 is 1.82 bits per heavy atom. The Morgan fingerprint density at radius 1 is 1.07 bits per heavy atom. The lowest BCUT2D eigenvalue weighted by Crippen LogP contribution is -2.61. The van der Waals surface area contributed by atoms with Gasteiger partial charge in [-0.1, -0.05) is 33.6 Å². The van der Waals surface area contributed by atoms with Crippen LogP contribution in [0.3, 0.4) is 0 Å². The third-order valence-corrected chi connectivity index (χ3v) is 10.3. The van der Waals surface area contributed by atoms with Crippen LogP contribution in [0.5, 0.6) is 0 Å². The Morgan fingerprint density at radius 3 is 2.54 bits per heavy atom. The van der Waals surface area contributed by atoms with E-state index in [4.69, 9.17) is 5.11 Å². The van der Waals surface area contributed by atoms with E-state index in [2.05, 4.69) is 20.8 Å². The largest absolute Gasteiger partial charge is 0.481 e. The highest BCUT2D eigenvalue weighted by atomic mass is 16.4. The number of rotatable bonds is 4. The van der Waals surface area contributed by atoms with Crippen molar-refractivity contribution in [3.8, 4) is 0 Å². The maximum Gasteiger partial charge on any atom is 0.303 e. The Bertz CT molecular complexity index is 605. The summed E-state index contributed by atoms with van der Waals surface area (Å²) in [4.78, 5) is 11.1. The van der Waals surface area contributed by atoms with Crippen LogP contribution in [0.15, 0.2) is 0 Å². The zero-order valence-corrected chi connectivity index (χ0v) is 17.9. The minimum Gasteiger partial charge on any atom is -0.481 e. The molecule has 4 aliphatic carbocycles. The molecule has 3 N–H and O–H groups in total. The van der Waals surface area contributed by atoms with Gasteiger partial charge in [0.1, 0.15) is 0 Å². The van der Waals surface area contributed by atoms with E-state index in [1.807, 2.05) is 0 Å². The SMILES string of the molecule is C[C@H](CCC(=O)O)[C@H]1CC[C@H]2[C@@H]3[C@H](O)C[C@@H]4CCCC[C@]4(C)[C@H]3C[C@H](O)[C@]12C. The van der Waals surface area contributed by atoms with Crippen LogP contribution in [0, 0.1) is 46.3 Å². The van der Waals surface area contributed by atoms with Crippen LogP contribution in [0.4, 0.5) is 0 Å². The van der Waals surface area contributed by atoms with Crippen LogP contribution < -0.4 is 0 Å². The fourth-order valence-corrected chi connectivity index (χ4v) is 8.74. The molecule has 0 bridgehead atoms. The molecule has 10 atom stereocenters. The van der Waals surface area contributed by atoms with Crippen molar-refractivity contribution < 1.29 is 20.1 Å². The molecule has 4 nitrogen and oxygen atoms in total. The maximum absolute atomic E-state index is 11.5. The van der Waals surface area contributed by atoms with Crippen molar-refractivity contribution in [3.63, 3.8) is 0 Å². The fourth-order valence-electron chi connectivity index (χ4n) is 8.74. The highest BCUT2D eigenvalue weighted by Gasteiger charge is 2.65. The van der Waals surface area contributed by atoms with E-state index in [9.17, 15) is 15.0 Å². The van der Waals surface area contributed by atoms with Crippen molar-refractivity contribution >= 4 is 5.97 Å². The molecule has 160 valence electrons.